The maximum atomic E-state index is 12.7. The van der Waals surface area contributed by atoms with E-state index in [2.05, 4.69) is 10.2 Å². The molecule has 0 saturated heterocycles. The van der Waals surface area contributed by atoms with Gasteiger partial charge in [-0.05, 0) is 23.8 Å². The molecule has 0 spiro atoms. The Labute approximate surface area is 144 Å². The minimum absolute atomic E-state index is 0.199. The van der Waals surface area contributed by atoms with Gasteiger partial charge in [0.15, 0.2) is 5.69 Å². The number of aromatic nitrogens is 4. The summed E-state index contributed by atoms with van der Waals surface area (Å²) < 4.78 is 44.1. The van der Waals surface area contributed by atoms with Crippen LogP contribution >= 0.6 is 0 Å². The topological polar surface area (TPSA) is 88.0 Å². The Kier molecular flexibility index (Phi) is 4.36. The first-order valence-electron chi connectivity index (χ1n) is 7.26. The first-order valence-corrected chi connectivity index (χ1v) is 7.26. The van der Waals surface area contributed by atoms with Gasteiger partial charge in [-0.2, -0.15) is 14.9 Å². The highest BCUT2D eigenvalue weighted by Crippen LogP contribution is 2.29. The predicted molar refractivity (Wildman–Crippen MR) is 83.5 cm³/mol. The van der Waals surface area contributed by atoms with Crippen LogP contribution in [0, 0.1) is 10.1 Å². The number of ether oxygens (including phenoxy) is 1. The number of benzene rings is 1. The van der Waals surface area contributed by atoms with E-state index in [9.17, 15) is 23.3 Å². The maximum absolute atomic E-state index is 12.7. The van der Waals surface area contributed by atoms with Gasteiger partial charge in [-0.15, -0.1) is 13.2 Å². The number of nitrogens with zero attached hydrogens (tertiary/aromatic N) is 5. The minimum Gasteiger partial charge on any atom is -0.497 e. The summed E-state index contributed by atoms with van der Waals surface area (Å²) in [5, 5.41) is 18.6. The van der Waals surface area contributed by atoms with Crippen molar-refractivity contribution in [1.82, 2.24) is 19.6 Å². The first-order chi connectivity index (χ1) is 12.3. The molecule has 2 heterocycles. The zero-order chi connectivity index (χ0) is 18.9. The second-order valence-corrected chi connectivity index (χ2v) is 5.28. The number of hydrogen-bond acceptors (Lipinski definition) is 5. The van der Waals surface area contributed by atoms with Gasteiger partial charge in [0.25, 0.3) is 0 Å². The summed E-state index contributed by atoms with van der Waals surface area (Å²) in [7, 11) is 1.53. The van der Waals surface area contributed by atoms with E-state index >= 15 is 0 Å². The molecule has 0 aliphatic heterocycles. The van der Waals surface area contributed by atoms with Crippen molar-refractivity contribution >= 4 is 5.69 Å². The van der Waals surface area contributed by atoms with E-state index in [0.717, 1.165) is 17.8 Å². The molecule has 0 N–H and O–H groups in total. The fraction of sp³-hybridized carbons (Fsp3) is 0.200. The smallest absolute Gasteiger partial charge is 0.497 e. The Balaban J connectivity index is 1.93. The standard InChI is InChI=1S/C15H12F3N5O3/c1-26-11-4-2-10(3-5-11)8-21-9-13(23(24)25)14(20-21)12-6-7-22(19-12)15(16,17)18/h2-7,9H,8H2,1H3. The van der Waals surface area contributed by atoms with E-state index in [-0.39, 0.29) is 22.6 Å². The van der Waals surface area contributed by atoms with E-state index < -0.39 is 16.9 Å². The zero-order valence-corrected chi connectivity index (χ0v) is 13.3. The van der Waals surface area contributed by atoms with Crippen LogP contribution in [0.4, 0.5) is 18.9 Å². The van der Waals surface area contributed by atoms with Gasteiger partial charge < -0.3 is 4.74 Å². The predicted octanol–water partition coefficient (Wildman–Crippen LogP) is 3.19. The molecule has 0 aliphatic carbocycles. The van der Waals surface area contributed by atoms with Crippen molar-refractivity contribution in [2.75, 3.05) is 7.11 Å². The van der Waals surface area contributed by atoms with Crippen molar-refractivity contribution in [3.8, 4) is 17.1 Å². The zero-order valence-electron chi connectivity index (χ0n) is 13.3. The molecule has 26 heavy (non-hydrogen) atoms. The molecular formula is C15H12F3N5O3. The van der Waals surface area contributed by atoms with Crippen LogP contribution < -0.4 is 4.74 Å². The molecule has 3 rings (SSSR count). The van der Waals surface area contributed by atoms with Crippen LogP contribution in [0.2, 0.25) is 0 Å². The molecule has 3 aromatic rings. The average Bonchev–Trinajstić information content (AvgIpc) is 3.21. The van der Waals surface area contributed by atoms with Gasteiger partial charge in [0.05, 0.1) is 18.6 Å². The number of rotatable bonds is 5. The molecule has 0 amide bonds. The molecule has 0 radical (unpaired) electrons. The molecule has 8 nitrogen and oxygen atoms in total. The highest BCUT2D eigenvalue weighted by Gasteiger charge is 2.33. The number of halogens is 3. The van der Waals surface area contributed by atoms with Gasteiger partial charge in [0.2, 0.25) is 0 Å². The number of alkyl halides is 3. The summed E-state index contributed by atoms with van der Waals surface area (Å²) in [4.78, 5) is 10.5. The van der Waals surface area contributed by atoms with E-state index in [0.29, 0.717) is 11.9 Å². The highest BCUT2D eigenvalue weighted by atomic mass is 19.4. The van der Waals surface area contributed by atoms with E-state index in [1.807, 2.05) is 0 Å². The molecule has 1 aromatic carbocycles. The third-order valence-electron chi connectivity index (χ3n) is 3.53. The molecule has 11 heteroatoms. The Bertz CT molecular complexity index is 931. The minimum atomic E-state index is -4.71. The lowest BCUT2D eigenvalue weighted by Crippen LogP contribution is -2.17. The van der Waals surface area contributed by atoms with Crippen LogP contribution in [0.3, 0.4) is 0 Å². The molecule has 0 fully saturated rings. The molecule has 0 saturated carbocycles. The lowest BCUT2D eigenvalue weighted by atomic mass is 10.2. The SMILES string of the molecule is COc1ccc(Cn2cc([N+](=O)[O-])c(-c3ccn(C(F)(F)F)n3)n2)cc1. The lowest BCUT2D eigenvalue weighted by molar-refractivity contribution is -0.384. The third kappa shape index (κ3) is 3.50. The molecule has 2 aromatic heterocycles. The van der Waals surface area contributed by atoms with Crippen molar-refractivity contribution in [3.63, 3.8) is 0 Å². The quantitative estimate of drug-likeness (QED) is 0.510. The Hall–Kier alpha value is -3.37. The second-order valence-electron chi connectivity index (χ2n) is 5.28. The van der Waals surface area contributed by atoms with E-state index in [1.165, 1.54) is 11.8 Å². The van der Waals surface area contributed by atoms with Crippen LogP contribution in [-0.2, 0) is 12.8 Å². The summed E-state index contributed by atoms with van der Waals surface area (Å²) in [6.07, 6.45) is -2.87. The largest absolute Gasteiger partial charge is 0.504 e. The van der Waals surface area contributed by atoms with Crippen LogP contribution in [0.1, 0.15) is 5.56 Å². The van der Waals surface area contributed by atoms with Crippen LogP contribution in [-0.4, -0.2) is 31.6 Å². The van der Waals surface area contributed by atoms with Gasteiger partial charge in [-0.1, -0.05) is 12.1 Å². The molecule has 0 unspecified atom stereocenters. The van der Waals surface area contributed by atoms with Gasteiger partial charge in [0, 0.05) is 6.20 Å². The van der Waals surface area contributed by atoms with Gasteiger partial charge in [-0.3, -0.25) is 14.8 Å². The van der Waals surface area contributed by atoms with Crippen molar-refractivity contribution in [2.45, 2.75) is 12.8 Å². The normalized spacial score (nSPS) is 11.5. The van der Waals surface area contributed by atoms with Crippen molar-refractivity contribution in [3.05, 3.63) is 58.4 Å². The van der Waals surface area contributed by atoms with Gasteiger partial charge in [-0.25, -0.2) is 0 Å². The Morgan fingerprint density at radius 3 is 2.42 bits per heavy atom. The monoisotopic (exact) mass is 367 g/mol. The highest BCUT2D eigenvalue weighted by molar-refractivity contribution is 5.65. The fourth-order valence-electron chi connectivity index (χ4n) is 2.32. The molecule has 136 valence electrons. The maximum Gasteiger partial charge on any atom is 0.504 e. The van der Waals surface area contributed by atoms with Crippen LogP contribution in [0.5, 0.6) is 5.75 Å². The summed E-state index contributed by atoms with van der Waals surface area (Å²) in [6, 6.07) is 7.98. The van der Waals surface area contributed by atoms with Crippen LogP contribution in [0.25, 0.3) is 11.4 Å². The summed E-state index contributed by atoms with van der Waals surface area (Å²) in [5.41, 5.74) is -0.101. The number of hydrogen-bond donors (Lipinski definition) is 0. The average molecular weight is 367 g/mol. The summed E-state index contributed by atoms with van der Waals surface area (Å²) in [5.74, 6) is 0.651. The molecular weight excluding hydrogens is 355 g/mol. The van der Waals surface area contributed by atoms with Crippen LogP contribution in [0.15, 0.2) is 42.7 Å². The van der Waals surface area contributed by atoms with Crippen molar-refractivity contribution < 1.29 is 22.8 Å². The molecule has 0 aliphatic rings. The second kappa shape index (κ2) is 6.50. The fourth-order valence-corrected chi connectivity index (χ4v) is 2.32. The number of nitro groups is 1. The summed E-state index contributed by atoms with van der Waals surface area (Å²) >= 11 is 0. The Morgan fingerprint density at radius 2 is 1.88 bits per heavy atom. The van der Waals surface area contributed by atoms with Crippen molar-refractivity contribution in [2.24, 2.45) is 0 Å². The third-order valence-corrected chi connectivity index (χ3v) is 3.53. The van der Waals surface area contributed by atoms with Crippen molar-refractivity contribution in [1.29, 1.82) is 0 Å². The van der Waals surface area contributed by atoms with Gasteiger partial charge in [0.1, 0.15) is 17.6 Å². The first kappa shape index (κ1) is 17.5. The lowest BCUT2D eigenvalue weighted by Gasteiger charge is -2.04. The number of methoxy groups -OCH3 is 1. The molecule has 0 bridgehead atoms. The molecule has 0 atom stereocenters. The van der Waals surface area contributed by atoms with Gasteiger partial charge >= 0.3 is 12.0 Å². The summed E-state index contributed by atoms with van der Waals surface area (Å²) in [6.45, 7) is 0.199. The van der Waals surface area contributed by atoms with E-state index in [1.54, 1.807) is 24.3 Å². The Morgan fingerprint density at radius 1 is 1.19 bits per heavy atom. The van der Waals surface area contributed by atoms with E-state index in [4.69, 9.17) is 4.74 Å².